The van der Waals surface area contributed by atoms with Crippen molar-refractivity contribution < 1.29 is 9.59 Å². The van der Waals surface area contributed by atoms with Crippen LogP contribution in [-0.4, -0.2) is 60.9 Å². The van der Waals surface area contributed by atoms with Crippen molar-refractivity contribution in [2.24, 2.45) is 11.8 Å². The van der Waals surface area contributed by atoms with Crippen LogP contribution in [0.15, 0.2) is 0 Å². The molecule has 1 rings (SSSR count). The lowest BCUT2D eigenvalue weighted by molar-refractivity contribution is -0.133. The maximum Gasteiger partial charge on any atom is 0.222 e. The second-order valence-electron chi connectivity index (χ2n) is 8.50. The molecule has 0 aromatic rings. The first kappa shape index (κ1) is 22.9. The second kappa shape index (κ2) is 13.1. The lowest BCUT2D eigenvalue weighted by atomic mass is 10.1. The molecule has 0 bridgehead atoms. The van der Waals surface area contributed by atoms with Gasteiger partial charge in [0, 0.05) is 45.6 Å². The van der Waals surface area contributed by atoms with Crippen molar-refractivity contribution >= 4 is 11.8 Å². The summed E-state index contributed by atoms with van der Waals surface area (Å²) >= 11 is 0. The topological polar surface area (TPSA) is 52.7 Å². The average Bonchev–Trinajstić information content (AvgIpc) is 2.61. The summed E-state index contributed by atoms with van der Waals surface area (Å²) in [6.45, 7) is 14.5. The lowest BCUT2D eigenvalue weighted by Gasteiger charge is -2.35. The summed E-state index contributed by atoms with van der Waals surface area (Å²) in [5.74, 6) is 1.78. The van der Waals surface area contributed by atoms with Gasteiger partial charge in [-0.2, -0.15) is 0 Å². The van der Waals surface area contributed by atoms with E-state index in [0.717, 1.165) is 70.9 Å². The van der Waals surface area contributed by atoms with Crippen LogP contribution < -0.4 is 5.32 Å². The van der Waals surface area contributed by atoms with Crippen LogP contribution in [0.1, 0.15) is 72.6 Å². The first-order chi connectivity index (χ1) is 12.4. The van der Waals surface area contributed by atoms with Gasteiger partial charge in [0.1, 0.15) is 0 Å². The van der Waals surface area contributed by atoms with Crippen LogP contribution in [0.2, 0.25) is 0 Å². The summed E-state index contributed by atoms with van der Waals surface area (Å²) in [6, 6.07) is 0. The normalized spacial score (nSPS) is 15.7. The summed E-state index contributed by atoms with van der Waals surface area (Å²) in [4.78, 5) is 28.4. The fourth-order valence-electron chi connectivity index (χ4n) is 3.13. The Bertz CT molecular complexity index is 402. The molecular weight excluding hydrogens is 326 g/mol. The Kier molecular flexibility index (Phi) is 11.6. The Hall–Kier alpha value is -1.10. The van der Waals surface area contributed by atoms with Gasteiger partial charge in [-0.25, -0.2) is 0 Å². The first-order valence-electron chi connectivity index (χ1n) is 10.6. The third kappa shape index (κ3) is 10.8. The number of hydrogen-bond donors (Lipinski definition) is 1. The Morgan fingerprint density at radius 2 is 1.50 bits per heavy atom. The van der Waals surface area contributed by atoms with Crippen LogP contribution in [-0.2, 0) is 9.59 Å². The number of piperazine rings is 1. The zero-order valence-corrected chi connectivity index (χ0v) is 17.6. The molecule has 1 fully saturated rings. The maximum atomic E-state index is 12.3. The Labute approximate surface area is 160 Å². The standard InChI is InChI=1S/C21H41N3O2/c1-18(2)9-10-20(25)22-12-7-5-6-8-21(26)24-16-14-23(15-17-24)13-11-19(3)4/h18-19H,5-17H2,1-4H3,(H,22,25). The molecule has 0 radical (unpaired) electrons. The second-order valence-corrected chi connectivity index (χ2v) is 8.50. The summed E-state index contributed by atoms with van der Waals surface area (Å²) in [5.41, 5.74) is 0. The van der Waals surface area contributed by atoms with E-state index in [1.54, 1.807) is 0 Å². The largest absolute Gasteiger partial charge is 0.356 e. The number of nitrogens with zero attached hydrogens (tertiary/aromatic N) is 2. The third-order valence-electron chi connectivity index (χ3n) is 5.09. The predicted molar refractivity (Wildman–Crippen MR) is 108 cm³/mol. The van der Waals surface area contributed by atoms with Crippen LogP contribution in [0.3, 0.4) is 0 Å². The highest BCUT2D eigenvalue weighted by Gasteiger charge is 2.20. The molecule has 1 N–H and O–H groups in total. The highest BCUT2D eigenvalue weighted by atomic mass is 16.2. The zero-order valence-electron chi connectivity index (χ0n) is 17.6. The van der Waals surface area contributed by atoms with Gasteiger partial charge in [0.2, 0.25) is 11.8 Å². The smallest absolute Gasteiger partial charge is 0.222 e. The van der Waals surface area contributed by atoms with Gasteiger partial charge in [-0.15, -0.1) is 0 Å². The molecule has 5 nitrogen and oxygen atoms in total. The number of carbonyl (C=O) groups is 2. The van der Waals surface area contributed by atoms with Crippen molar-refractivity contribution in [3.8, 4) is 0 Å². The minimum absolute atomic E-state index is 0.158. The molecule has 0 atom stereocenters. The van der Waals surface area contributed by atoms with Crippen LogP contribution in [0.25, 0.3) is 0 Å². The van der Waals surface area contributed by atoms with E-state index < -0.39 is 0 Å². The molecule has 0 saturated carbocycles. The van der Waals surface area contributed by atoms with E-state index in [9.17, 15) is 9.59 Å². The van der Waals surface area contributed by atoms with Gasteiger partial charge in [0.05, 0.1) is 0 Å². The van der Waals surface area contributed by atoms with Gasteiger partial charge in [-0.3, -0.25) is 14.5 Å². The van der Waals surface area contributed by atoms with Crippen molar-refractivity contribution in [2.45, 2.75) is 72.6 Å². The molecule has 152 valence electrons. The molecule has 26 heavy (non-hydrogen) atoms. The van der Waals surface area contributed by atoms with E-state index >= 15 is 0 Å². The van der Waals surface area contributed by atoms with Crippen LogP contribution >= 0.6 is 0 Å². The summed E-state index contributed by atoms with van der Waals surface area (Å²) < 4.78 is 0. The minimum Gasteiger partial charge on any atom is -0.356 e. The molecule has 0 aromatic heterocycles. The number of amides is 2. The van der Waals surface area contributed by atoms with Crippen molar-refractivity contribution in [3.05, 3.63) is 0 Å². The van der Waals surface area contributed by atoms with E-state index in [2.05, 4.69) is 37.9 Å². The molecule has 0 spiro atoms. The number of carbonyl (C=O) groups excluding carboxylic acids is 2. The van der Waals surface area contributed by atoms with Gasteiger partial charge in [0.15, 0.2) is 0 Å². The fraction of sp³-hybridized carbons (Fsp3) is 0.905. The highest BCUT2D eigenvalue weighted by molar-refractivity contribution is 5.76. The highest BCUT2D eigenvalue weighted by Crippen LogP contribution is 2.09. The predicted octanol–water partition coefficient (Wildman–Crippen LogP) is 3.29. The summed E-state index contributed by atoms with van der Waals surface area (Å²) in [7, 11) is 0. The van der Waals surface area contributed by atoms with Gasteiger partial charge in [-0.05, 0) is 44.1 Å². The van der Waals surface area contributed by atoms with E-state index in [1.165, 1.54) is 6.42 Å². The molecule has 0 aliphatic carbocycles. The van der Waals surface area contributed by atoms with E-state index in [1.807, 2.05) is 4.90 Å². The number of nitrogens with one attached hydrogen (secondary N) is 1. The number of rotatable bonds is 12. The van der Waals surface area contributed by atoms with Crippen LogP contribution in [0, 0.1) is 11.8 Å². The number of unbranched alkanes of at least 4 members (excludes halogenated alkanes) is 2. The van der Waals surface area contributed by atoms with Crippen molar-refractivity contribution in [1.82, 2.24) is 15.1 Å². The van der Waals surface area contributed by atoms with Gasteiger partial charge in [0.25, 0.3) is 0 Å². The SMILES string of the molecule is CC(C)CCC(=O)NCCCCCC(=O)N1CCN(CCC(C)C)CC1. The van der Waals surface area contributed by atoms with Gasteiger partial charge in [-0.1, -0.05) is 34.1 Å². The first-order valence-corrected chi connectivity index (χ1v) is 10.6. The number of hydrogen-bond acceptors (Lipinski definition) is 3. The average molecular weight is 368 g/mol. The molecule has 0 aromatic carbocycles. The van der Waals surface area contributed by atoms with Crippen LogP contribution in [0.5, 0.6) is 0 Å². The lowest BCUT2D eigenvalue weighted by Crippen LogP contribution is -2.48. The van der Waals surface area contributed by atoms with Gasteiger partial charge >= 0.3 is 0 Å². The third-order valence-corrected chi connectivity index (χ3v) is 5.09. The monoisotopic (exact) mass is 367 g/mol. The fourth-order valence-corrected chi connectivity index (χ4v) is 3.13. The Morgan fingerprint density at radius 1 is 0.846 bits per heavy atom. The van der Waals surface area contributed by atoms with Crippen molar-refractivity contribution in [2.75, 3.05) is 39.3 Å². The zero-order chi connectivity index (χ0) is 19.4. The molecule has 5 heteroatoms. The molecule has 1 saturated heterocycles. The minimum atomic E-state index is 0.158. The van der Waals surface area contributed by atoms with Crippen LogP contribution in [0.4, 0.5) is 0 Å². The van der Waals surface area contributed by atoms with E-state index in [0.29, 0.717) is 24.7 Å². The summed E-state index contributed by atoms with van der Waals surface area (Å²) in [6.07, 6.45) is 6.35. The molecule has 1 heterocycles. The maximum absolute atomic E-state index is 12.3. The molecule has 2 amide bonds. The van der Waals surface area contributed by atoms with Crippen molar-refractivity contribution in [3.63, 3.8) is 0 Å². The molecule has 1 aliphatic rings. The van der Waals surface area contributed by atoms with E-state index in [-0.39, 0.29) is 5.91 Å². The van der Waals surface area contributed by atoms with Crippen molar-refractivity contribution in [1.29, 1.82) is 0 Å². The summed E-state index contributed by atoms with van der Waals surface area (Å²) in [5, 5.41) is 2.97. The quantitative estimate of drug-likeness (QED) is 0.539. The van der Waals surface area contributed by atoms with E-state index in [4.69, 9.17) is 0 Å². The Morgan fingerprint density at radius 3 is 2.12 bits per heavy atom. The molecular formula is C21H41N3O2. The molecule has 1 aliphatic heterocycles. The Balaban J connectivity index is 2.01. The molecule has 0 unspecified atom stereocenters. The van der Waals surface area contributed by atoms with Gasteiger partial charge < -0.3 is 10.2 Å².